The molecule has 0 N–H and O–H groups in total. The smallest absolute Gasteiger partial charge is 0.143 e. The van der Waals surface area contributed by atoms with E-state index in [-0.39, 0.29) is 0 Å². The molecule has 0 amide bonds. The highest BCUT2D eigenvalue weighted by Gasteiger charge is 2.19. The standard InChI is InChI=1S/C42H23NO3/c1-4-13-35-27(8-1)32-23-41-34(29-10-3-6-15-38(29)45-41)22-36(32)43(35)25-17-18-30-31-12-7-11-26(42(31)46-40(30)21-25)24-16-19-39-33(20-24)28-9-2-5-14-37(28)44-39/h1-23H. The molecule has 0 saturated carbocycles. The number of para-hydroxylation sites is 4. The molecule has 46 heavy (non-hydrogen) atoms. The van der Waals surface area contributed by atoms with Gasteiger partial charge in [-0.1, -0.05) is 78.9 Å². The van der Waals surface area contributed by atoms with Crippen LogP contribution in [0.5, 0.6) is 0 Å². The van der Waals surface area contributed by atoms with Crippen LogP contribution >= 0.6 is 0 Å². The molecule has 0 aliphatic heterocycles. The first kappa shape index (κ1) is 24.1. The van der Waals surface area contributed by atoms with Crippen molar-refractivity contribution < 1.29 is 13.3 Å². The lowest BCUT2D eigenvalue weighted by atomic mass is 10.0. The lowest BCUT2D eigenvalue weighted by molar-refractivity contribution is 0.668. The van der Waals surface area contributed by atoms with Gasteiger partial charge in [-0.15, -0.1) is 0 Å². The minimum atomic E-state index is 0.857. The van der Waals surface area contributed by atoms with Crippen molar-refractivity contribution in [1.82, 2.24) is 4.57 Å². The molecule has 4 heterocycles. The second kappa shape index (κ2) is 8.68. The average molecular weight is 590 g/mol. The third-order valence-electron chi connectivity index (χ3n) is 9.60. The summed E-state index contributed by atoms with van der Waals surface area (Å²) in [6.45, 7) is 0. The van der Waals surface area contributed by atoms with Crippen LogP contribution in [0.4, 0.5) is 0 Å². The molecule has 0 aliphatic rings. The maximum atomic E-state index is 6.75. The zero-order valence-electron chi connectivity index (χ0n) is 24.5. The summed E-state index contributed by atoms with van der Waals surface area (Å²) in [7, 11) is 0. The van der Waals surface area contributed by atoms with Gasteiger partial charge in [-0.05, 0) is 60.2 Å². The average Bonchev–Trinajstić information content (AvgIpc) is 3.85. The van der Waals surface area contributed by atoms with Crippen molar-refractivity contribution in [2.24, 2.45) is 0 Å². The van der Waals surface area contributed by atoms with E-state index in [1.807, 2.05) is 24.3 Å². The summed E-state index contributed by atoms with van der Waals surface area (Å²) in [6.07, 6.45) is 0. The monoisotopic (exact) mass is 589 g/mol. The maximum Gasteiger partial charge on any atom is 0.143 e. The zero-order chi connectivity index (χ0) is 29.9. The van der Waals surface area contributed by atoms with Crippen LogP contribution in [0.1, 0.15) is 0 Å². The lowest BCUT2D eigenvalue weighted by Crippen LogP contribution is -1.93. The van der Waals surface area contributed by atoms with E-state index in [1.54, 1.807) is 0 Å². The fraction of sp³-hybridized carbons (Fsp3) is 0. The highest BCUT2D eigenvalue weighted by atomic mass is 16.3. The number of nitrogens with zero attached hydrogens (tertiary/aromatic N) is 1. The molecule has 0 saturated heterocycles. The largest absolute Gasteiger partial charge is 0.456 e. The Morgan fingerprint density at radius 3 is 1.85 bits per heavy atom. The van der Waals surface area contributed by atoms with Gasteiger partial charge < -0.3 is 17.8 Å². The van der Waals surface area contributed by atoms with E-state index in [2.05, 4.69) is 120 Å². The summed E-state index contributed by atoms with van der Waals surface area (Å²) in [5.74, 6) is 0. The Morgan fingerprint density at radius 1 is 0.348 bits per heavy atom. The third-order valence-corrected chi connectivity index (χ3v) is 9.60. The lowest BCUT2D eigenvalue weighted by Gasteiger charge is -2.08. The van der Waals surface area contributed by atoms with Crippen LogP contribution in [-0.2, 0) is 0 Å². The van der Waals surface area contributed by atoms with Crippen molar-refractivity contribution in [3.8, 4) is 16.8 Å². The van der Waals surface area contributed by atoms with Gasteiger partial charge in [0, 0.05) is 60.4 Å². The minimum Gasteiger partial charge on any atom is -0.456 e. The van der Waals surface area contributed by atoms with E-state index in [9.17, 15) is 0 Å². The molecule has 4 heteroatoms. The number of rotatable bonds is 2. The number of hydrogen-bond acceptors (Lipinski definition) is 3. The highest BCUT2D eigenvalue weighted by molar-refractivity contribution is 6.17. The first-order valence-electron chi connectivity index (χ1n) is 15.5. The van der Waals surface area contributed by atoms with Crippen LogP contribution in [0.3, 0.4) is 0 Å². The molecule has 7 aromatic carbocycles. The van der Waals surface area contributed by atoms with Gasteiger partial charge in [0.2, 0.25) is 0 Å². The Morgan fingerprint density at radius 2 is 1.00 bits per heavy atom. The zero-order valence-corrected chi connectivity index (χ0v) is 24.5. The first-order valence-corrected chi connectivity index (χ1v) is 15.5. The molecular weight excluding hydrogens is 566 g/mol. The number of furan rings is 3. The highest BCUT2D eigenvalue weighted by Crippen LogP contribution is 2.41. The first-order chi connectivity index (χ1) is 22.8. The summed E-state index contributed by atoms with van der Waals surface area (Å²) in [6, 6.07) is 48.9. The number of aromatic nitrogens is 1. The predicted octanol–water partition coefficient (Wildman–Crippen LogP) is 12.1. The van der Waals surface area contributed by atoms with Crippen LogP contribution in [0.25, 0.3) is 104 Å². The molecule has 4 aromatic heterocycles. The molecule has 0 radical (unpaired) electrons. The maximum absolute atomic E-state index is 6.75. The van der Waals surface area contributed by atoms with Crippen molar-refractivity contribution >= 4 is 87.6 Å². The van der Waals surface area contributed by atoms with Gasteiger partial charge in [-0.3, -0.25) is 0 Å². The van der Waals surface area contributed by atoms with E-state index in [4.69, 9.17) is 13.3 Å². The van der Waals surface area contributed by atoms with Crippen molar-refractivity contribution in [3.63, 3.8) is 0 Å². The van der Waals surface area contributed by atoms with Gasteiger partial charge >= 0.3 is 0 Å². The molecule has 4 nitrogen and oxygen atoms in total. The minimum absolute atomic E-state index is 0.857. The summed E-state index contributed by atoms with van der Waals surface area (Å²) < 4.78 is 21.5. The Labute approximate surface area is 261 Å². The summed E-state index contributed by atoms with van der Waals surface area (Å²) >= 11 is 0. The van der Waals surface area contributed by atoms with Crippen LogP contribution in [0.2, 0.25) is 0 Å². The molecule has 11 aromatic rings. The topological polar surface area (TPSA) is 44.4 Å². The Balaban J connectivity index is 1.14. The van der Waals surface area contributed by atoms with Gasteiger partial charge in [0.05, 0.1) is 11.0 Å². The van der Waals surface area contributed by atoms with E-state index < -0.39 is 0 Å². The van der Waals surface area contributed by atoms with Gasteiger partial charge in [0.1, 0.15) is 33.5 Å². The predicted molar refractivity (Wildman–Crippen MR) is 188 cm³/mol. The van der Waals surface area contributed by atoms with Crippen LogP contribution in [0, 0.1) is 0 Å². The van der Waals surface area contributed by atoms with Gasteiger partial charge in [-0.25, -0.2) is 0 Å². The Kier molecular flexibility index (Phi) is 4.55. The number of benzene rings is 7. The molecular formula is C42H23NO3. The second-order valence-electron chi connectivity index (χ2n) is 12.1. The quantitative estimate of drug-likeness (QED) is 0.201. The molecule has 0 bridgehead atoms. The van der Waals surface area contributed by atoms with Gasteiger partial charge in [-0.2, -0.15) is 0 Å². The molecule has 0 fully saturated rings. The summed E-state index contributed by atoms with van der Waals surface area (Å²) in [4.78, 5) is 0. The van der Waals surface area contributed by atoms with Gasteiger partial charge in [0.15, 0.2) is 0 Å². The molecule has 0 unspecified atom stereocenters. The van der Waals surface area contributed by atoms with Crippen LogP contribution in [-0.4, -0.2) is 4.57 Å². The fourth-order valence-corrected chi connectivity index (χ4v) is 7.51. The van der Waals surface area contributed by atoms with Crippen molar-refractivity contribution in [2.45, 2.75) is 0 Å². The fourth-order valence-electron chi connectivity index (χ4n) is 7.51. The molecule has 0 spiro atoms. The molecule has 11 rings (SSSR count). The van der Waals surface area contributed by atoms with Crippen molar-refractivity contribution in [3.05, 3.63) is 140 Å². The molecule has 0 aliphatic carbocycles. The molecule has 0 atom stereocenters. The number of hydrogen-bond donors (Lipinski definition) is 0. The van der Waals surface area contributed by atoms with E-state index in [0.29, 0.717) is 0 Å². The van der Waals surface area contributed by atoms with Crippen LogP contribution in [0.15, 0.2) is 153 Å². The third kappa shape index (κ3) is 3.17. The van der Waals surface area contributed by atoms with Crippen molar-refractivity contribution in [1.29, 1.82) is 0 Å². The van der Waals surface area contributed by atoms with Crippen LogP contribution < -0.4 is 0 Å². The SMILES string of the molecule is c1ccc2c(c1)oc1ccc(-c3cccc4c3oc3cc(-n5c6ccccc6c6cc7oc8ccccc8c7cc65)ccc34)cc12. The molecule has 214 valence electrons. The number of fused-ring (bicyclic) bond motifs is 12. The normalized spacial score (nSPS) is 12.3. The Bertz CT molecular complexity index is 3040. The Hall–Kier alpha value is -6.26. The van der Waals surface area contributed by atoms with E-state index in [0.717, 1.165) is 99.0 Å². The van der Waals surface area contributed by atoms with E-state index in [1.165, 1.54) is 5.39 Å². The van der Waals surface area contributed by atoms with Gasteiger partial charge in [0.25, 0.3) is 0 Å². The summed E-state index contributed by atoms with van der Waals surface area (Å²) in [5, 5.41) is 9.01. The van der Waals surface area contributed by atoms with Crippen molar-refractivity contribution in [2.75, 3.05) is 0 Å². The van der Waals surface area contributed by atoms with E-state index >= 15 is 0 Å². The summed E-state index contributed by atoms with van der Waals surface area (Å²) in [5.41, 5.74) is 10.8. The second-order valence-corrected chi connectivity index (χ2v) is 12.1.